The molecule has 0 N–H and O–H groups in total. The van der Waals surface area contributed by atoms with E-state index in [1.165, 1.54) is 5.56 Å². The van der Waals surface area contributed by atoms with Crippen LogP contribution in [0.1, 0.15) is 11.3 Å². The second kappa shape index (κ2) is 3.84. The van der Waals surface area contributed by atoms with Gasteiger partial charge in [-0.1, -0.05) is 35.0 Å². The summed E-state index contributed by atoms with van der Waals surface area (Å²) in [6, 6.07) is 9.99. The van der Waals surface area contributed by atoms with E-state index < -0.39 is 0 Å². The van der Waals surface area contributed by atoms with Gasteiger partial charge in [-0.3, -0.25) is 0 Å². The molecular weight excluding hydrogens is 198 g/mol. The summed E-state index contributed by atoms with van der Waals surface area (Å²) in [5.74, 6) is 1.06. The van der Waals surface area contributed by atoms with Crippen molar-refractivity contribution in [1.29, 1.82) is 0 Å². The topological polar surface area (TPSA) is 26.0 Å². The second-order valence-electron chi connectivity index (χ2n) is 3.18. The molecule has 1 aromatic heterocycles. The number of nitrogens with zero attached hydrogens (tertiary/aromatic N) is 1. The third kappa shape index (κ3) is 1.80. The summed E-state index contributed by atoms with van der Waals surface area (Å²) in [5, 5.41) is 3.93. The SMILES string of the molecule is Cc1ccc(-c2cc(CCl)on2)cc1. The molecule has 0 amide bonds. The quantitative estimate of drug-likeness (QED) is 0.706. The van der Waals surface area contributed by atoms with Crippen LogP contribution in [-0.4, -0.2) is 5.16 Å². The van der Waals surface area contributed by atoms with Crippen molar-refractivity contribution < 1.29 is 4.52 Å². The van der Waals surface area contributed by atoms with Crippen molar-refractivity contribution in [3.05, 3.63) is 41.7 Å². The number of halogens is 1. The van der Waals surface area contributed by atoms with Crippen LogP contribution in [0.5, 0.6) is 0 Å². The normalized spacial score (nSPS) is 10.4. The van der Waals surface area contributed by atoms with E-state index in [1.54, 1.807) is 0 Å². The summed E-state index contributed by atoms with van der Waals surface area (Å²) in [7, 11) is 0. The molecule has 0 saturated carbocycles. The van der Waals surface area contributed by atoms with E-state index in [2.05, 4.69) is 12.1 Å². The molecule has 2 rings (SSSR count). The highest BCUT2D eigenvalue weighted by Crippen LogP contribution is 2.20. The maximum absolute atomic E-state index is 5.62. The Balaban J connectivity index is 2.34. The molecule has 0 fully saturated rings. The van der Waals surface area contributed by atoms with Gasteiger partial charge in [-0.2, -0.15) is 0 Å². The fourth-order valence-electron chi connectivity index (χ4n) is 1.24. The summed E-state index contributed by atoms with van der Waals surface area (Å²) in [5.41, 5.74) is 3.12. The maximum atomic E-state index is 5.62. The van der Waals surface area contributed by atoms with Gasteiger partial charge in [-0.15, -0.1) is 11.6 Å². The summed E-state index contributed by atoms with van der Waals surface area (Å²) >= 11 is 5.62. The van der Waals surface area contributed by atoms with Gasteiger partial charge >= 0.3 is 0 Å². The van der Waals surface area contributed by atoms with E-state index >= 15 is 0 Å². The molecular formula is C11H10ClNO. The first-order valence-electron chi connectivity index (χ1n) is 4.38. The predicted octanol–water partition coefficient (Wildman–Crippen LogP) is 3.39. The highest BCUT2D eigenvalue weighted by Gasteiger charge is 2.04. The molecule has 3 heteroatoms. The average molecular weight is 208 g/mol. The van der Waals surface area contributed by atoms with Crippen molar-refractivity contribution in [3.8, 4) is 11.3 Å². The van der Waals surface area contributed by atoms with Gasteiger partial charge in [0.05, 0.1) is 5.88 Å². The number of hydrogen-bond acceptors (Lipinski definition) is 2. The van der Waals surface area contributed by atoms with Crippen LogP contribution in [0.15, 0.2) is 34.9 Å². The minimum Gasteiger partial charge on any atom is -0.359 e. The van der Waals surface area contributed by atoms with E-state index in [1.807, 2.05) is 30.3 Å². The Morgan fingerprint density at radius 2 is 2.00 bits per heavy atom. The maximum Gasteiger partial charge on any atom is 0.152 e. The summed E-state index contributed by atoms with van der Waals surface area (Å²) in [6.07, 6.45) is 0. The second-order valence-corrected chi connectivity index (χ2v) is 3.45. The van der Waals surface area contributed by atoms with Crippen LogP contribution in [0.2, 0.25) is 0 Å². The van der Waals surface area contributed by atoms with Crippen LogP contribution in [0, 0.1) is 6.92 Å². The van der Waals surface area contributed by atoms with Gasteiger partial charge in [0.2, 0.25) is 0 Å². The van der Waals surface area contributed by atoms with E-state index in [0.29, 0.717) is 11.6 Å². The number of alkyl halides is 1. The largest absolute Gasteiger partial charge is 0.359 e. The van der Waals surface area contributed by atoms with E-state index in [-0.39, 0.29) is 0 Å². The molecule has 0 spiro atoms. The van der Waals surface area contributed by atoms with Crippen LogP contribution in [-0.2, 0) is 5.88 Å². The highest BCUT2D eigenvalue weighted by molar-refractivity contribution is 6.16. The number of benzene rings is 1. The lowest BCUT2D eigenvalue weighted by molar-refractivity contribution is 0.396. The highest BCUT2D eigenvalue weighted by atomic mass is 35.5. The smallest absolute Gasteiger partial charge is 0.152 e. The molecule has 2 aromatic rings. The molecule has 0 unspecified atom stereocenters. The molecule has 0 aliphatic rings. The molecule has 2 nitrogen and oxygen atoms in total. The van der Waals surface area contributed by atoms with Crippen LogP contribution in [0.25, 0.3) is 11.3 Å². The van der Waals surface area contributed by atoms with Gasteiger partial charge in [-0.25, -0.2) is 0 Å². The first-order valence-corrected chi connectivity index (χ1v) is 4.91. The van der Waals surface area contributed by atoms with Crippen LogP contribution in [0.3, 0.4) is 0 Å². The van der Waals surface area contributed by atoms with Gasteiger partial charge in [0.1, 0.15) is 5.69 Å². The van der Waals surface area contributed by atoms with Gasteiger partial charge in [0.15, 0.2) is 5.76 Å². The molecule has 14 heavy (non-hydrogen) atoms. The molecule has 72 valence electrons. The Kier molecular flexibility index (Phi) is 2.55. The Hall–Kier alpha value is -1.28. The van der Waals surface area contributed by atoms with E-state index in [9.17, 15) is 0 Å². The van der Waals surface area contributed by atoms with Crippen LogP contribution >= 0.6 is 11.6 Å². The monoisotopic (exact) mass is 207 g/mol. The van der Waals surface area contributed by atoms with Gasteiger partial charge in [0.25, 0.3) is 0 Å². The van der Waals surface area contributed by atoms with Crippen molar-refractivity contribution in [3.63, 3.8) is 0 Å². The van der Waals surface area contributed by atoms with Crippen molar-refractivity contribution in [2.75, 3.05) is 0 Å². The molecule has 0 saturated heterocycles. The van der Waals surface area contributed by atoms with Gasteiger partial charge < -0.3 is 4.52 Å². The summed E-state index contributed by atoms with van der Waals surface area (Å²) in [4.78, 5) is 0. The van der Waals surface area contributed by atoms with Crippen LogP contribution < -0.4 is 0 Å². The zero-order chi connectivity index (χ0) is 9.97. The molecule has 0 aliphatic heterocycles. The average Bonchev–Trinajstić information content (AvgIpc) is 2.67. The third-order valence-electron chi connectivity index (χ3n) is 2.04. The molecule has 1 aromatic carbocycles. The summed E-state index contributed by atoms with van der Waals surface area (Å²) < 4.78 is 5.02. The van der Waals surface area contributed by atoms with E-state index in [4.69, 9.17) is 16.1 Å². The molecule has 0 bridgehead atoms. The Labute approximate surface area is 87.5 Å². The van der Waals surface area contributed by atoms with E-state index in [0.717, 1.165) is 11.3 Å². The van der Waals surface area contributed by atoms with Gasteiger partial charge in [0, 0.05) is 11.6 Å². The third-order valence-corrected chi connectivity index (χ3v) is 2.30. The Morgan fingerprint density at radius 3 is 2.57 bits per heavy atom. The van der Waals surface area contributed by atoms with Crippen molar-refractivity contribution >= 4 is 11.6 Å². The number of rotatable bonds is 2. The molecule has 1 heterocycles. The molecule has 0 atom stereocenters. The number of aromatic nitrogens is 1. The minimum atomic E-state index is 0.360. The van der Waals surface area contributed by atoms with Crippen molar-refractivity contribution in [2.24, 2.45) is 0 Å². The van der Waals surface area contributed by atoms with Crippen molar-refractivity contribution in [1.82, 2.24) is 5.16 Å². The van der Waals surface area contributed by atoms with Crippen LogP contribution in [0.4, 0.5) is 0 Å². The number of hydrogen-bond donors (Lipinski definition) is 0. The first-order chi connectivity index (χ1) is 6.79. The van der Waals surface area contributed by atoms with Crippen molar-refractivity contribution in [2.45, 2.75) is 12.8 Å². The minimum absolute atomic E-state index is 0.360. The lowest BCUT2D eigenvalue weighted by atomic mass is 10.1. The fraction of sp³-hybridized carbons (Fsp3) is 0.182. The number of aryl methyl sites for hydroxylation is 1. The zero-order valence-corrected chi connectivity index (χ0v) is 8.58. The lowest BCUT2D eigenvalue weighted by Crippen LogP contribution is -1.76. The standard InChI is InChI=1S/C11H10ClNO/c1-8-2-4-9(5-3-8)11-6-10(7-12)14-13-11/h2-6H,7H2,1H3. The summed E-state index contributed by atoms with van der Waals surface area (Å²) in [6.45, 7) is 2.05. The molecule has 0 radical (unpaired) electrons. The first kappa shape index (κ1) is 9.28. The fourth-order valence-corrected chi connectivity index (χ4v) is 1.36. The Morgan fingerprint density at radius 1 is 1.29 bits per heavy atom. The Bertz CT molecular complexity index is 419. The van der Waals surface area contributed by atoms with Gasteiger partial charge in [-0.05, 0) is 6.92 Å². The predicted molar refractivity (Wildman–Crippen MR) is 56.2 cm³/mol. The lowest BCUT2D eigenvalue weighted by Gasteiger charge is -1.95. The molecule has 0 aliphatic carbocycles. The zero-order valence-electron chi connectivity index (χ0n) is 7.83.